The number of rotatable bonds is 3. The first-order valence-corrected chi connectivity index (χ1v) is 8.13. The van der Waals surface area contributed by atoms with Gasteiger partial charge in [0.15, 0.2) is 0 Å². The van der Waals surface area contributed by atoms with E-state index < -0.39 is 11.7 Å². The second-order valence-electron chi connectivity index (χ2n) is 5.94. The van der Waals surface area contributed by atoms with Gasteiger partial charge in [0, 0.05) is 36.4 Å². The van der Waals surface area contributed by atoms with E-state index in [0.29, 0.717) is 24.1 Å². The monoisotopic (exact) mass is 350 g/mol. The minimum atomic E-state index is -0.576. The van der Waals surface area contributed by atoms with E-state index >= 15 is 0 Å². The second-order valence-corrected chi connectivity index (χ2v) is 5.94. The Morgan fingerprint density at radius 1 is 1.23 bits per heavy atom. The van der Waals surface area contributed by atoms with Crippen molar-refractivity contribution in [1.82, 2.24) is 14.9 Å². The first-order valence-electron chi connectivity index (χ1n) is 8.13. The van der Waals surface area contributed by atoms with Crippen LogP contribution in [0.5, 0.6) is 0 Å². The summed E-state index contributed by atoms with van der Waals surface area (Å²) >= 11 is 0. The second kappa shape index (κ2) is 6.44. The van der Waals surface area contributed by atoms with E-state index in [2.05, 4.69) is 15.6 Å². The summed E-state index contributed by atoms with van der Waals surface area (Å²) in [5, 5.41) is 5.21. The van der Waals surface area contributed by atoms with Gasteiger partial charge in [0.05, 0.1) is 5.69 Å². The van der Waals surface area contributed by atoms with Gasteiger partial charge < -0.3 is 15.2 Å². The highest BCUT2D eigenvalue weighted by molar-refractivity contribution is 6.04. The molecule has 2 amide bonds. The fourth-order valence-corrected chi connectivity index (χ4v) is 2.93. The third-order valence-corrected chi connectivity index (χ3v) is 4.24. The first-order chi connectivity index (χ1) is 12.6. The van der Waals surface area contributed by atoms with Crippen LogP contribution in [0.3, 0.4) is 0 Å². The summed E-state index contributed by atoms with van der Waals surface area (Å²) in [7, 11) is 0. The van der Waals surface area contributed by atoms with Crippen molar-refractivity contribution in [2.45, 2.75) is 6.42 Å². The van der Waals surface area contributed by atoms with Crippen molar-refractivity contribution >= 4 is 17.5 Å². The van der Waals surface area contributed by atoms with Crippen LogP contribution in [0, 0.1) is 5.82 Å². The van der Waals surface area contributed by atoms with E-state index in [1.54, 1.807) is 12.1 Å². The van der Waals surface area contributed by atoms with Crippen LogP contribution in [0.2, 0.25) is 0 Å². The van der Waals surface area contributed by atoms with E-state index in [0.717, 1.165) is 5.69 Å². The molecule has 3 heterocycles. The minimum absolute atomic E-state index is 0.0426. The third-order valence-electron chi connectivity index (χ3n) is 4.24. The summed E-state index contributed by atoms with van der Waals surface area (Å²) in [4.78, 5) is 28.5. The number of halogens is 1. The molecular weight excluding hydrogens is 335 g/mol. The topological polar surface area (TPSA) is 76.0 Å². The highest BCUT2D eigenvalue weighted by Gasteiger charge is 2.21. The lowest BCUT2D eigenvalue weighted by atomic mass is 9.99. The molecule has 4 rings (SSSR count). The Hall–Kier alpha value is -3.48. The molecule has 130 valence electrons. The number of pyridine rings is 1. The third kappa shape index (κ3) is 2.95. The van der Waals surface area contributed by atoms with Crippen LogP contribution in [0.1, 0.15) is 26.4 Å². The van der Waals surface area contributed by atoms with E-state index in [1.807, 2.05) is 29.1 Å². The number of nitrogens with one attached hydrogen (secondary N) is 2. The summed E-state index contributed by atoms with van der Waals surface area (Å²) in [6.45, 7) is 0.479. The van der Waals surface area contributed by atoms with E-state index in [4.69, 9.17) is 0 Å². The van der Waals surface area contributed by atoms with Gasteiger partial charge >= 0.3 is 0 Å². The molecule has 0 atom stereocenters. The first kappa shape index (κ1) is 16.0. The fraction of sp³-hybridized carbons (Fsp3) is 0.105. The maximum atomic E-state index is 14.3. The Kier molecular flexibility index (Phi) is 3.96. The predicted molar refractivity (Wildman–Crippen MR) is 94.0 cm³/mol. The van der Waals surface area contributed by atoms with Crippen molar-refractivity contribution in [3.63, 3.8) is 0 Å². The van der Waals surface area contributed by atoms with Gasteiger partial charge in [-0.05, 0) is 48.4 Å². The molecule has 7 heteroatoms. The van der Waals surface area contributed by atoms with Crippen molar-refractivity contribution in [2.75, 3.05) is 11.9 Å². The number of carbonyl (C=O) groups is 2. The Bertz CT molecular complexity index is 999. The van der Waals surface area contributed by atoms with Gasteiger partial charge in [-0.25, -0.2) is 4.39 Å². The van der Waals surface area contributed by atoms with Crippen LogP contribution >= 0.6 is 0 Å². The molecule has 3 aromatic rings. The molecule has 26 heavy (non-hydrogen) atoms. The molecule has 1 aliphatic heterocycles. The molecule has 0 spiro atoms. The van der Waals surface area contributed by atoms with Crippen LogP contribution in [0.25, 0.3) is 5.69 Å². The van der Waals surface area contributed by atoms with Crippen molar-refractivity contribution in [3.8, 4) is 5.69 Å². The van der Waals surface area contributed by atoms with E-state index in [1.165, 1.54) is 18.3 Å². The molecular formula is C19H15FN4O2. The predicted octanol–water partition coefficient (Wildman–Crippen LogP) is 2.55. The van der Waals surface area contributed by atoms with Gasteiger partial charge in [-0.15, -0.1) is 0 Å². The summed E-state index contributed by atoms with van der Waals surface area (Å²) < 4.78 is 16.1. The number of carbonyl (C=O) groups excluding carboxylic acids is 2. The molecule has 1 aromatic carbocycles. The molecule has 2 N–H and O–H groups in total. The maximum Gasteiger partial charge on any atom is 0.274 e. The average molecular weight is 350 g/mol. The van der Waals surface area contributed by atoms with Crippen molar-refractivity contribution in [2.24, 2.45) is 0 Å². The standard InChI is InChI=1S/C19H15FN4O2/c20-15-9-12-3-5-22-18(25)14(12)11-16(15)23-19(26)17-10-13(4-6-21-17)24-7-1-2-8-24/h1-2,4,6-11H,3,5H2,(H,22,25)(H,23,26). The zero-order chi connectivity index (χ0) is 18.1. The number of aromatic nitrogens is 2. The largest absolute Gasteiger partial charge is 0.352 e. The fourth-order valence-electron chi connectivity index (χ4n) is 2.93. The number of benzene rings is 1. The molecule has 0 unspecified atom stereocenters. The lowest BCUT2D eigenvalue weighted by Gasteiger charge is -2.18. The van der Waals surface area contributed by atoms with Crippen LogP contribution in [-0.2, 0) is 6.42 Å². The van der Waals surface area contributed by atoms with Gasteiger partial charge in [0.1, 0.15) is 11.5 Å². The average Bonchev–Trinajstić information content (AvgIpc) is 3.18. The van der Waals surface area contributed by atoms with Crippen molar-refractivity contribution in [3.05, 3.63) is 77.6 Å². The molecule has 6 nitrogen and oxygen atoms in total. The molecule has 2 aromatic heterocycles. The van der Waals surface area contributed by atoms with Crippen LogP contribution in [-0.4, -0.2) is 27.9 Å². The summed E-state index contributed by atoms with van der Waals surface area (Å²) in [6, 6.07) is 9.78. The smallest absolute Gasteiger partial charge is 0.274 e. The molecule has 0 fully saturated rings. The lowest BCUT2D eigenvalue weighted by molar-refractivity contribution is 0.0944. The highest BCUT2D eigenvalue weighted by Crippen LogP contribution is 2.23. The normalized spacial score (nSPS) is 13.0. The molecule has 0 saturated carbocycles. The molecule has 0 radical (unpaired) electrons. The van der Waals surface area contributed by atoms with Crippen molar-refractivity contribution in [1.29, 1.82) is 0 Å². The van der Waals surface area contributed by atoms with Crippen LogP contribution in [0.4, 0.5) is 10.1 Å². The molecule has 0 saturated heterocycles. The maximum absolute atomic E-state index is 14.3. The number of fused-ring (bicyclic) bond motifs is 1. The van der Waals surface area contributed by atoms with E-state index in [9.17, 15) is 14.0 Å². The molecule has 0 bridgehead atoms. The number of hydrogen-bond acceptors (Lipinski definition) is 3. The number of amides is 2. The Morgan fingerprint density at radius 3 is 2.85 bits per heavy atom. The number of anilines is 1. The summed E-state index contributed by atoms with van der Waals surface area (Å²) in [5.74, 6) is -1.39. The molecule has 0 aliphatic carbocycles. The number of hydrogen-bond donors (Lipinski definition) is 2. The Labute approximate surface area is 148 Å². The van der Waals surface area contributed by atoms with Crippen molar-refractivity contribution < 1.29 is 14.0 Å². The number of nitrogens with zero attached hydrogens (tertiary/aromatic N) is 2. The quantitative estimate of drug-likeness (QED) is 0.762. The summed E-state index contributed by atoms with van der Waals surface area (Å²) in [6.07, 6.45) is 5.77. The van der Waals surface area contributed by atoms with Gasteiger partial charge in [-0.2, -0.15) is 0 Å². The highest BCUT2D eigenvalue weighted by atomic mass is 19.1. The zero-order valence-corrected chi connectivity index (χ0v) is 13.7. The van der Waals surface area contributed by atoms with Crippen LogP contribution < -0.4 is 10.6 Å². The van der Waals surface area contributed by atoms with Gasteiger partial charge in [0.2, 0.25) is 0 Å². The van der Waals surface area contributed by atoms with Gasteiger partial charge in [-0.3, -0.25) is 14.6 Å². The Balaban J connectivity index is 1.62. The zero-order valence-electron chi connectivity index (χ0n) is 13.7. The minimum Gasteiger partial charge on any atom is -0.352 e. The van der Waals surface area contributed by atoms with Crippen LogP contribution in [0.15, 0.2) is 55.0 Å². The lowest BCUT2D eigenvalue weighted by Crippen LogP contribution is -2.32. The van der Waals surface area contributed by atoms with Gasteiger partial charge in [-0.1, -0.05) is 0 Å². The van der Waals surface area contributed by atoms with E-state index in [-0.39, 0.29) is 17.3 Å². The Morgan fingerprint density at radius 2 is 2.04 bits per heavy atom. The SMILES string of the molecule is O=C(Nc1cc2c(cc1F)CCNC2=O)c1cc(-n2cccc2)ccn1. The molecule has 1 aliphatic rings. The van der Waals surface area contributed by atoms with Gasteiger partial charge in [0.25, 0.3) is 11.8 Å². The summed E-state index contributed by atoms with van der Waals surface area (Å²) in [5.41, 5.74) is 1.89.